The molecule has 2 heterocycles. The minimum Gasteiger partial charge on any atom is -0.491 e. The summed E-state index contributed by atoms with van der Waals surface area (Å²) in [5.74, 6) is 1.62. The van der Waals surface area contributed by atoms with Gasteiger partial charge in [0.1, 0.15) is 36.9 Å². The highest BCUT2D eigenvalue weighted by Gasteiger charge is 2.22. The minimum absolute atomic E-state index is 0.00559. The summed E-state index contributed by atoms with van der Waals surface area (Å²) in [4.78, 5) is 0. The molecule has 0 spiro atoms. The van der Waals surface area contributed by atoms with Crippen molar-refractivity contribution in [3.8, 4) is 33.8 Å². The van der Waals surface area contributed by atoms with E-state index in [0.717, 1.165) is 58.1 Å². The van der Waals surface area contributed by atoms with E-state index < -0.39 is 0 Å². The first-order valence-electron chi connectivity index (χ1n) is 18.0. The normalized spacial score (nSPS) is 17.5. The van der Waals surface area contributed by atoms with Gasteiger partial charge in [0.2, 0.25) is 0 Å². The fourth-order valence-electron chi connectivity index (χ4n) is 5.44. The maximum Gasteiger partial charge on any atom is 0.119 e. The van der Waals surface area contributed by atoms with Crippen molar-refractivity contribution in [1.29, 1.82) is 0 Å². The van der Waals surface area contributed by atoms with Crippen LogP contribution in [0.1, 0.15) is 37.2 Å². The molecule has 51 heavy (non-hydrogen) atoms. The molecule has 0 N–H and O–H groups in total. The largest absolute Gasteiger partial charge is 0.491 e. The average Bonchev–Trinajstić information content (AvgIpc) is 4.12. The van der Waals surface area contributed by atoms with Crippen molar-refractivity contribution in [3.05, 3.63) is 108 Å². The van der Waals surface area contributed by atoms with Crippen LogP contribution in [-0.2, 0) is 33.2 Å². The Bertz CT molecular complexity index is 1430. The number of epoxide rings is 2. The van der Waals surface area contributed by atoms with Crippen molar-refractivity contribution < 1.29 is 42.6 Å². The first-order chi connectivity index (χ1) is 25.1. The first kappa shape index (κ1) is 37.0. The third kappa shape index (κ3) is 12.7. The zero-order chi connectivity index (χ0) is 35.1. The van der Waals surface area contributed by atoms with Gasteiger partial charge in [0.15, 0.2) is 0 Å². The second-order valence-corrected chi connectivity index (χ2v) is 12.7. The van der Waals surface area contributed by atoms with Crippen molar-refractivity contribution in [3.63, 3.8) is 0 Å². The molecule has 2 aliphatic heterocycles. The van der Waals surface area contributed by atoms with E-state index in [-0.39, 0.29) is 24.4 Å². The van der Waals surface area contributed by atoms with Crippen LogP contribution in [0.4, 0.5) is 0 Å². The molecule has 9 nitrogen and oxygen atoms in total. The van der Waals surface area contributed by atoms with Gasteiger partial charge in [-0.1, -0.05) is 72.8 Å². The number of ether oxygens (including phenoxy) is 9. The standard InChI is InChI=1S/C42H50O9/c1-31(46-23-21-44-27-41-29-50-41)33-3-7-35(8-4-33)37-11-15-39(16-12-37)48-25-19-43-20-26-49-40-17-13-38(14-18-40)36-9-5-34(6-10-36)32(2)47-24-22-45-28-42-30-51-42/h3-18,31-32,41-42H,19-30H2,1-2H3. The lowest BCUT2D eigenvalue weighted by molar-refractivity contribution is 0.00816. The van der Waals surface area contributed by atoms with Crippen LogP contribution >= 0.6 is 0 Å². The second kappa shape index (κ2) is 19.7. The molecule has 9 heteroatoms. The third-order valence-corrected chi connectivity index (χ3v) is 8.73. The van der Waals surface area contributed by atoms with E-state index in [4.69, 9.17) is 42.6 Å². The molecule has 0 aromatic heterocycles. The summed E-state index contributed by atoms with van der Waals surface area (Å²) >= 11 is 0. The topological polar surface area (TPSA) is 89.7 Å². The molecule has 0 aliphatic carbocycles. The van der Waals surface area contributed by atoms with Gasteiger partial charge in [-0.05, 0) is 71.5 Å². The molecule has 0 radical (unpaired) electrons. The maximum absolute atomic E-state index is 5.92. The smallest absolute Gasteiger partial charge is 0.119 e. The van der Waals surface area contributed by atoms with Gasteiger partial charge in [-0.3, -0.25) is 0 Å². The average molecular weight is 699 g/mol. The summed E-state index contributed by atoms with van der Waals surface area (Å²) in [6, 6.07) is 33.2. The molecular weight excluding hydrogens is 648 g/mol. The highest BCUT2D eigenvalue weighted by Crippen LogP contribution is 2.27. The summed E-state index contributed by atoms with van der Waals surface area (Å²) in [6.07, 6.45) is 0.584. The zero-order valence-corrected chi connectivity index (χ0v) is 29.7. The number of rotatable bonds is 24. The van der Waals surface area contributed by atoms with Gasteiger partial charge < -0.3 is 42.6 Å². The Kier molecular flexibility index (Phi) is 14.3. The van der Waals surface area contributed by atoms with Crippen LogP contribution < -0.4 is 9.47 Å². The SMILES string of the molecule is CC(OCCOCC1CO1)c1ccc(-c2ccc(OCCOCCOc3ccc(-c4ccc(C(C)OCCOCC5CO5)cc4)cc3)cc2)cc1. The van der Waals surface area contributed by atoms with E-state index in [2.05, 4.69) is 86.6 Å². The van der Waals surface area contributed by atoms with Crippen molar-refractivity contribution >= 4 is 0 Å². The summed E-state index contributed by atoms with van der Waals surface area (Å²) in [5, 5.41) is 0. The van der Waals surface area contributed by atoms with Gasteiger partial charge in [-0.15, -0.1) is 0 Å². The van der Waals surface area contributed by atoms with Crippen LogP contribution in [0.3, 0.4) is 0 Å². The van der Waals surface area contributed by atoms with Gasteiger partial charge >= 0.3 is 0 Å². The van der Waals surface area contributed by atoms with Crippen LogP contribution in [0.15, 0.2) is 97.1 Å². The highest BCUT2D eigenvalue weighted by atomic mass is 16.6. The van der Waals surface area contributed by atoms with Gasteiger partial charge in [0.05, 0.1) is 78.3 Å². The number of hydrogen-bond acceptors (Lipinski definition) is 9. The number of benzene rings is 4. The van der Waals surface area contributed by atoms with Crippen LogP contribution in [0.25, 0.3) is 22.3 Å². The predicted molar refractivity (Wildman–Crippen MR) is 195 cm³/mol. The molecule has 2 saturated heterocycles. The van der Waals surface area contributed by atoms with Crippen LogP contribution in [-0.4, -0.2) is 91.5 Å². The summed E-state index contributed by atoms with van der Waals surface area (Å²) < 4.78 is 50.7. The van der Waals surface area contributed by atoms with Crippen molar-refractivity contribution in [1.82, 2.24) is 0 Å². The predicted octanol–water partition coefficient (Wildman–Crippen LogP) is 7.48. The third-order valence-electron chi connectivity index (χ3n) is 8.73. The molecular formula is C42H50O9. The number of hydrogen-bond donors (Lipinski definition) is 0. The van der Waals surface area contributed by atoms with Crippen LogP contribution in [0.5, 0.6) is 11.5 Å². The van der Waals surface area contributed by atoms with E-state index in [1.807, 2.05) is 24.3 Å². The molecule has 0 saturated carbocycles. The van der Waals surface area contributed by atoms with Crippen molar-refractivity contribution in [2.24, 2.45) is 0 Å². The molecule has 4 atom stereocenters. The quantitative estimate of drug-likeness (QED) is 0.0546. The molecule has 0 amide bonds. The molecule has 4 aromatic carbocycles. The summed E-state index contributed by atoms with van der Waals surface area (Å²) in [6.45, 7) is 11.2. The van der Waals surface area contributed by atoms with E-state index >= 15 is 0 Å². The monoisotopic (exact) mass is 698 g/mol. The van der Waals surface area contributed by atoms with Crippen molar-refractivity contribution in [2.45, 2.75) is 38.3 Å². The van der Waals surface area contributed by atoms with E-state index in [1.165, 1.54) is 0 Å². The fraction of sp³-hybridized carbons (Fsp3) is 0.429. The molecule has 2 aliphatic rings. The van der Waals surface area contributed by atoms with E-state index in [9.17, 15) is 0 Å². The molecule has 4 aromatic rings. The Labute approximate surface area is 301 Å². The van der Waals surface area contributed by atoms with Crippen molar-refractivity contribution in [2.75, 3.05) is 79.3 Å². The Morgan fingerprint density at radius 1 is 0.451 bits per heavy atom. The lowest BCUT2D eigenvalue weighted by atomic mass is 10.0. The van der Waals surface area contributed by atoms with Gasteiger partial charge in [0.25, 0.3) is 0 Å². The van der Waals surface area contributed by atoms with Gasteiger partial charge in [-0.2, -0.15) is 0 Å². The minimum atomic E-state index is 0.00559. The second-order valence-electron chi connectivity index (χ2n) is 12.7. The molecule has 2 fully saturated rings. The Morgan fingerprint density at radius 2 is 0.784 bits per heavy atom. The Hall–Kier alpha value is -3.80. The maximum atomic E-state index is 5.92. The molecule has 0 bridgehead atoms. The lowest BCUT2D eigenvalue weighted by Crippen LogP contribution is -2.12. The summed E-state index contributed by atoms with van der Waals surface area (Å²) in [7, 11) is 0. The van der Waals surface area contributed by atoms with E-state index in [0.29, 0.717) is 66.1 Å². The Balaban J connectivity index is 0.814. The van der Waals surface area contributed by atoms with E-state index in [1.54, 1.807) is 0 Å². The van der Waals surface area contributed by atoms with Gasteiger partial charge in [0, 0.05) is 0 Å². The lowest BCUT2D eigenvalue weighted by Gasteiger charge is -2.14. The Morgan fingerprint density at radius 3 is 1.14 bits per heavy atom. The molecule has 6 rings (SSSR count). The highest BCUT2D eigenvalue weighted by molar-refractivity contribution is 5.65. The molecule has 272 valence electrons. The molecule has 4 unspecified atom stereocenters. The first-order valence-corrected chi connectivity index (χ1v) is 18.0. The van der Waals surface area contributed by atoms with Gasteiger partial charge in [-0.25, -0.2) is 0 Å². The fourth-order valence-corrected chi connectivity index (χ4v) is 5.44. The van der Waals surface area contributed by atoms with Crippen LogP contribution in [0, 0.1) is 0 Å². The zero-order valence-electron chi connectivity index (χ0n) is 29.7. The summed E-state index contributed by atoms with van der Waals surface area (Å²) in [5.41, 5.74) is 6.83. The van der Waals surface area contributed by atoms with Crippen LogP contribution in [0.2, 0.25) is 0 Å².